The van der Waals surface area contributed by atoms with E-state index in [1.54, 1.807) is 14.2 Å². The first-order valence-corrected chi connectivity index (χ1v) is 13.3. The van der Waals surface area contributed by atoms with Gasteiger partial charge < -0.3 is 18.9 Å². The molecule has 194 valence electrons. The van der Waals surface area contributed by atoms with Crippen LogP contribution >= 0.6 is 0 Å². The number of hydrogen-bond acceptors (Lipinski definition) is 6. The summed E-state index contributed by atoms with van der Waals surface area (Å²) in [6, 6.07) is 22.4. The van der Waals surface area contributed by atoms with Gasteiger partial charge in [-0.2, -0.15) is 5.10 Å². The Bertz CT molecular complexity index is 1210. The van der Waals surface area contributed by atoms with Gasteiger partial charge in [-0.15, -0.1) is 0 Å². The van der Waals surface area contributed by atoms with Crippen molar-refractivity contribution in [2.24, 2.45) is 5.10 Å². The van der Waals surface area contributed by atoms with E-state index in [9.17, 15) is 0 Å². The molecular formula is C31H36N2O4. The second kappa shape index (κ2) is 11.6. The quantitative estimate of drug-likeness (QED) is 0.259. The lowest BCUT2D eigenvalue weighted by Gasteiger charge is -2.38. The number of rotatable bonds is 11. The van der Waals surface area contributed by atoms with E-state index in [-0.39, 0.29) is 12.3 Å². The molecule has 0 amide bonds. The average molecular weight is 501 g/mol. The highest BCUT2D eigenvalue weighted by Gasteiger charge is 2.41. The molecule has 3 aromatic rings. The van der Waals surface area contributed by atoms with Gasteiger partial charge in [0, 0.05) is 17.5 Å². The summed E-state index contributed by atoms with van der Waals surface area (Å²) in [6.07, 6.45) is 6.60. The number of ether oxygens (including phenoxy) is 4. The van der Waals surface area contributed by atoms with Crippen LogP contribution in [0.3, 0.4) is 0 Å². The van der Waals surface area contributed by atoms with E-state index in [1.807, 2.05) is 36.4 Å². The van der Waals surface area contributed by atoms with Gasteiger partial charge in [-0.3, -0.25) is 0 Å². The average Bonchev–Trinajstić information content (AvgIpc) is 3.40. The van der Waals surface area contributed by atoms with E-state index in [0.29, 0.717) is 0 Å². The normalized spacial score (nSPS) is 17.9. The fourth-order valence-electron chi connectivity index (χ4n) is 4.99. The summed E-state index contributed by atoms with van der Waals surface area (Å²) in [4.78, 5) is 0. The molecule has 0 N–H and O–H groups in total. The first-order chi connectivity index (χ1) is 18.2. The largest absolute Gasteiger partial charge is 0.497 e. The van der Waals surface area contributed by atoms with Gasteiger partial charge in [-0.1, -0.05) is 32.6 Å². The van der Waals surface area contributed by atoms with Crippen LogP contribution in [0.2, 0.25) is 0 Å². The Morgan fingerprint density at radius 1 is 0.838 bits per heavy atom. The fourth-order valence-corrected chi connectivity index (χ4v) is 4.99. The van der Waals surface area contributed by atoms with Gasteiger partial charge in [0.15, 0.2) is 0 Å². The lowest BCUT2D eigenvalue weighted by molar-refractivity contribution is -0.0191. The number of methoxy groups -OCH3 is 2. The summed E-state index contributed by atoms with van der Waals surface area (Å²) in [5.74, 6) is 3.40. The van der Waals surface area contributed by atoms with Crippen LogP contribution < -0.4 is 18.9 Å². The maximum absolute atomic E-state index is 6.53. The number of unbranched alkanes of at least 4 members (excludes halogenated alkanes) is 4. The van der Waals surface area contributed by atoms with E-state index >= 15 is 0 Å². The molecule has 0 unspecified atom stereocenters. The van der Waals surface area contributed by atoms with Crippen molar-refractivity contribution in [3.8, 4) is 23.0 Å². The molecule has 2 heterocycles. The van der Waals surface area contributed by atoms with E-state index in [4.69, 9.17) is 24.0 Å². The van der Waals surface area contributed by atoms with Crippen molar-refractivity contribution in [2.75, 3.05) is 20.8 Å². The van der Waals surface area contributed by atoms with Crippen LogP contribution in [-0.2, 0) is 0 Å². The molecule has 0 aromatic heterocycles. The second-order valence-corrected chi connectivity index (χ2v) is 9.58. The van der Waals surface area contributed by atoms with Crippen molar-refractivity contribution in [1.29, 1.82) is 0 Å². The monoisotopic (exact) mass is 500 g/mol. The van der Waals surface area contributed by atoms with Gasteiger partial charge in [0.25, 0.3) is 0 Å². The number of nitrogens with zero attached hydrogens (tertiary/aromatic N) is 2. The zero-order valence-corrected chi connectivity index (χ0v) is 22.0. The molecule has 0 bridgehead atoms. The van der Waals surface area contributed by atoms with Gasteiger partial charge in [0.05, 0.1) is 32.6 Å². The molecule has 0 fully saturated rings. The first-order valence-electron chi connectivity index (χ1n) is 13.3. The summed E-state index contributed by atoms with van der Waals surface area (Å²) >= 11 is 0. The molecule has 2 atom stereocenters. The van der Waals surface area contributed by atoms with Crippen molar-refractivity contribution < 1.29 is 18.9 Å². The molecule has 37 heavy (non-hydrogen) atoms. The lowest BCUT2D eigenvalue weighted by atomic mass is 9.95. The topological polar surface area (TPSA) is 52.5 Å². The fraction of sp³-hybridized carbons (Fsp3) is 0.387. The second-order valence-electron chi connectivity index (χ2n) is 9.58. The molecule has 6 nitrogen and oxygen atoms in total. The maximum atomic E-state index is 6.53. The van der Waals surface area contributed by atoms with Gasteiger partial charge in [-0.05, 0) is 78.7 Å². The van der Waals surface area contributed by atoms with Crippen molar-refractivity contribution in [3.05, 3.63) is 83.4 Å². The highest BCUT2D eigenvalue weighted by molar-refractivity contribution is 6.02. The standard InChI is InChI=1S/C31H36N2O4/c1-4-5-6-7-8-19-36-25-15-11-23(12-16-25)31-33-29(27-20-26(35-3)17-18-30(27)37-31)21-28(32-33)22-9-13-24(34-2)14-10-22/h9-18,20,29,31H,4-8,19,21H2,1-3H3/t29-,31-/m0/s1. The highest BCUT2D eigenvalue weighted by atomic mass is 16.5. The molecule has 5 rings (SSSR count). The van der Waals surface area contributed by atoms with E-state index in [2.05, 4.69) is 42.3 Å². The predicted molar refractivity (Wildman–Crippen MR) is 146 cm³/mol. The zero-order valence-electron chi connectivity index (χ0n) is 22.0. The van der Waals surface area contributed by atoms with Crippen LogP contribution in [-0.4, -0.2) is 31.5 Å². The first kappa shape index (κ1) is 25.0. The SMILES string of the molecule is CCCCCCCOc1ccc([C@@H]2Oc3ccc(OC)cc3[C@@H]3CC(c4ccc(OC)cc4)=NN32)cc1. The molecule has 0 spiro atoms. The summed E-state index contributed by atoms with van der Waals surface area (Å²) in [5.41, 5.74) is 4.24. The molecule has 0 saturated heterocycles. The summed E-state index contributed by atoms with van der Waals surface area (Å²) in [7, 11) is 3.37. The Balaban J connectivity index is 1.37. The van der Waals surface area contributed by atoms with E-state index in [0.717, 1.165) is 64.8 Å². The molecule has 3 aromatic carbocycles. The Morgan fingerprint density at radius 2 is 1.54 bits per heavy atom. The molecule has 6 heteroatoms. The molecular weight excluding hydrogens is 464 g/mol. The van der Waals surface area contributed by atoms with Gasteiger partial charge in [0.2, 0.25) is 6.23 Å². The van der Waals surface area contributed by atoms with Crippen molar-refractivity contribution in [3.63, 3.8) is 0 Å². The Labute approximate surface area is 219 Å². The van der Waals surface area contributed by atoms with E-state index < -0.39 is 0 Å². The maximum Gasteiger partial charge on any atom is 0.213 e. The number of hydrogen-bond donors (Lipinski definition) is 0. The van der Waals surface area contributed by atoms with Gasteiger partial charge in [-0.25, -0.2) is 5.01 Å². The van der Waals surface area contributed by atoms with Crippen LogP contribution in [0.4, 0.5) is 0 Å². The van der Waals surface area contributed by atoms with Crippen molar-refractivity contribution in [2.45, 2.75) is 57.7 Å². The minimum atomic E-state index is -0.329. The van der Waals surface area contributed by atoms with Crippen LogP contribution in [0.5, 0.6) is 23.0 Å². The smallest absolute Gasteiger partial charge is 0.213 e. The molecule has 2 aliphatic rings. The molecule has 0 aliphatic carbocycles. The lowest BCUT2D eigenvalue weighted by Crippen LogP contribution is -2.33. The van der Waals surface area contributed by atoms with Crippen molar-refractivity contribution in [1.82, 2.24) is 5.01 Å². The number of fused-ring (bicyclic) bond motifs is 3. The van der Waals surface area contributed by atoms with Crippen molar-refractivity contribution >= 4 is 5.71 Å². The number of hydrazone groups is 1. The Kier molecular flexibility index (Phi) is 7.83. The molecule has 2 aliphatic heterocycles. The van der Waals surface area contributed by atoms with Crippen LogP contribution in [0.25, 0.3) is 0 Å². The molecule has 0 radical (unpaired) electrons. The summed E-state index contributed by atoms with van der Waals surface area (Å²) in [5, 5.41) is 7.16. The third-order valence-corrected chi connectivity index (χ3v) is 7.10. The van der Waals surface area contributed by atoms with E-state index in [1.165, 1.54) is 25.7 Å². The highest BCUT2D eigenvalue weighted by Crippen LogP contribution is 2.48. The Morgan fingerprint density at radius 3 is 2.27 bits per heavy atom. The summed E-state index contributed by atoms with van der Waals surface area (Å²) in [6.45, 7) is 2.99. The predicted octanol–water partition coefficient (Wildman–Crippen LogP) is 7.30. The summed E-state index contributed by atoms with van der Waals surface area (Å²) < 4.78 is 23.4. The number of benzene rings is 3. The van der Waals surface area contributed by atoms with Crippen LogP contribution in [0.1, 0.15) is 74.4 Å². The van der Waals surface area contributed by atoms with Gasteiger partial charge >= 0.3 is 0 Å². The van der Waals surface area contributed by atoms with Crippen LogP contribution in [0, 0.1) is 0 Å². The zero-order chi connectivity index (χ0) is 25.6. The minimum absolute atomic E-state index is 0.0556. The molecule has 0 saturated carbocycles. The Hall–Kier alpha value is -3.67. The third kappa shape index (κ3) is 5.53. The third-order valence-electron chi connectivity index (χ3n) is 7.10. The van der Waals surface area contributed by atoms with Crippen LogP contribution in [0.15, 0.2) is 71.8 Å². The minimum Gasteiger partial charge on any atom is -0.497 e. The van der Waals surface area contributed by atoms with Gasteiger partial charge in [0.1, 0.15) is 23.0 Å².